The molecule has 4 aromatic rings. The minimum Gasteiger partial charge on any atom is -0.399 e. The van der Waals surface area contributed by atoms with Gasteiger partial charge in [0, 0.05) is 0 Å². The van der Waals surface area contributed by atoms with E-state index in [-0.39, 0.29) is 0 Å². The average molecular weight is 837 g/mol. The van der Waals surface area contributed by atoms with Gasteiger partial charge in [0.15, 0.2) is 0 Å². The summed E-state index contributed by atoms with van der Waals surface area (Å²) in [7, 11) is -0.949. The van der Waals surface area contributed by atoms with Gasteiger partial charge in [0.1, 0.15) is 0 Å². The van der Waals surface area contributed by atoms with Crippen LogP contribution in [0.3, 0.4) is 0 Å². The normalized spacial score (nSPS) is 19.0. The molecule has 0 saturated carbocycles. The van der Waals surface area contributed by atoms with E-state index in [1.54, 1.807) is 0 Å². The molecule has 4 aromatic carbocycles. The standard InChI is InChI=1S/C56H78B2O4/c1-13-16-19-22-25-41-32-40(4)33-44(35-41)56(45-36-42(26-23-20-17-14-2)34-43(37-45)27-24-21-18-15-3)50-38-46(57-59-52(5,6)53(7,8)60-57)28-30-48(50)49-31-29-47(39-51(49)56)58-61-54(9,10)55(11,12)62-58/h28-39H,13-27H2,1-12H3. The van der Waals surface area contributed by atoms with Crippen LogP contribution >= 0.6 is 0 Å². The smallest absolute Gasteiger partial charge is 0.399 e. The zero-order valence-corrected chi connectivity index (χ0v) is 40.8. The fourth-order valence-corrected chi connectivity index (χ4v) is 10.2. The highest BCUT2D eigenvalue weighted by molar-refractivity contribution is 6.62. The van der Waals surface area contributed by atoms with Gasteiger partial charge in [-0.3, -0.25) is 0 Å². The molecule has 2 fully saturated rings. The Kier molecular flexibility index (Phi) is 14.2. The summed E-state index contributed by atoms with van der Waals surface area (Å²) in [4.78, 5) is 0. The second kappa shape index (κ2) is 18.8. The molecule has 2 aliphatic heterocycles. The first-order chi connectivity index (χ1) is 29.5. The second-order valence-electron chi connectivity index (χ2n) is 21.2. The monoisotopic (exact) mass is 837 g/mol. The molecule has 332 valence electrons. The van der Waals surface area contributed by atoms with Crippen molar-refractivity contribution in [2.24, 2.45) is 0 Å². The number of hydrogen-bond acceptors (Lipinski definition) is 4. The van der Waals surface area contributed by atoms with Crippen LogP contribution in [-0.4, -0.2) is 36.6 Å². The van der Waals surface area contributed by atoms with Crippen LogP contribution in [0.2, 0.25) is 0 Å². The second-order valence-corrected chi connectivity index (χ2v) is 21.2. The van der Waals surface area contributed by atoms with E-state index in [1.165, 1.54) is 133 Å². The molecular weight excluding hydrogens is 758 g/mol. The van der Waals surface area contributed by atoms with E-state index in [0.29, 0.717) is 0 Å². The molecule has 2 heterocycles. The Morgan fingerprint density at radius 2 is 0.758 bits per heavy atom. The van der Waals surface area contributed by atoms with E-state index >= 15 is 0 Å². The number of hydrogen-bond donors (Lipinski definition) is 0. The van der Waals surface area contributed by atoms with E-state index in [9.17, 15) is 0 Å². The maximum atomic E-state index is 6.81. The fraction of sp³-hybridized carbons (Fsp3) is 0.571. The first-order valence-corrected chi connectivity index (χ1v) is 24.7. The molecule has 62 heavy (non-hydrogen) atoms. The molecule has 2 saturated heterocycles. The molecule has 6 heteroatoms. The van der Waals surface area contributed by atoms with Crippen molar-refractivity contribution in [3.8, 4) is 11.1 Å². The summed E-state index contributed by atoms with van der Waals surface area (Å²) in [5.41, 5.74) is 13.2. The molecular formula is C56H78B2O4. The maximum Gasteiger partial charge on any atom is 0.494 e. The summed E-state index contributed by atoms with van der Waals surface area (Å²) in [6.45, 7) is 26.4. The number of aryl methyl sites for hydroxylation is 4. The van der Waals surface area contributed by atoms with E-state index in [4.69, 9.17) is 18.6 Å². The molecule has 0 radical (unpaired) electrons. The van der Waals surface area contributed by atoms with Crippen LogP contribution in [0, 0.1) is 6.92 Å². The summed E-state index contributed by atoms with van der Waals surface area (Å²) < 4.78 is 27.2. The number of rotatable bonds is 19. The lowest BCUT2D eigenvalue weighted by Crippen LogP contribution is -2.41. The molecule has 0 N–H and O–H groups in total. The highest BCUT2D eigenvalue weighted by atomic mass is 16.7. The summed E-state index contributed by atoms with van der Waals surface area (Å²) in [6.07, 6.45) is 18.2. The summed E-state index contributed by atoms with van der Waals surface area (Å²) in [5.74, 6) is 0. The highest BCUT2D eigenvalue weighted by Crippen LogP contribution is 2.57. The van der Waals surface area contributed by atoms with Crippen molar-refractivity contribution in [2.45, 2.75) is 207 Å². The number of unbranched alkanes of at least 4 members (excludes halogenated alkanes) is 9. The van der Waals surface area contributed by atoms with Crippen molar-refractivity contribution in [2.75, 3.05) is 0 Å². The van der Waals surface area contributed by atoms with Crippen molar-refractivity contribution in [3.05, 3.63) is 117 Å². The SMILES string of the molecule is CCCCCCc1cc(C)cc(C2(c3cc(CCCCCC)cc(CCCCCC)c3)c3cc(B4OC(C)(C)C(C)(C)O4)ccc3-c3ccc(B4OC(C)(C)C(C)(C)O4)cc32)c1. The Balaban J connectivity index is 1.52. The van der Waals surface area contributed by atoms with Crippen LogP contribution in [0.5, 0.6) is 0 Å². The van der Waals surface area contributed by atoms with E-state index in [2.05, 4.69) is 156 Å². The molecule has 0 amide bonds. The predicted octanol–water partition coefficient (Wildman–Crippen LogP) is 13.3. The first-order valence-electron chi connectivity index (χ1n) is 24.7. The molecule has 0 bridgehead atoms. The van der Waals surface area contributed by atoms with Crippen molar-refractivity contribution in [1.29, 1.82) is 0 Å². The maximum absolute atomic E-state index is 6.81. The third-order valence-corrected chi connectivity index (χ3v) is 15.2. The predicted molar refractivity (Wildman–Crippen MR) is 263 cm³/mol. The van der Waals surface area contributed by atoms with E-state index in [0.717, 1.165) is 30.2 Å². The van der Waals surface area contributed by atoms with Gasteiger partial charge in [-0.05, 0) is 162 Å². The van der Waals surface area contributed by atoms with Gasteiger partial charge in [-0.25, -0.2) is 0 Å². The molecule has 4 nitrogen and oxygen atoms in total. The van der Waals surface area contributed by atoms with Gasteiger partial charge >= 0.3 is 14.2 Å². The average Bonchev–Trinajstić information content (AvgIpc) is 3.73. The van der Waals surface area contributed by atoms with Crippen LogP contribution in [0.15, 0.2) is 72.8 Å². The van der Waals surface area contributed by atoms with Gasteiger partial charge < -0.3 is 18.6 Å². The number of fused-ring (bicyclic) bond motifs is 3. The zero-order valence-electron chi connectivity index (χ0n) is 40.8. The lowest BCUT2D eigenvalue weighted by Gasteiger charge is -2.36. The summed E-state index contributed by atoms with van der Waals surface area (Å²) >= 11 is 0. The van der Waals surface area contributed by atoms with E-state index < -0.39 is 42.1 Å². The Hall–Kier alpha value is -3.15. The number of benzene rings is 4. The lowest BCUT2D eigenvalue weighted by atomic mass is 9.64. The summed E-state index contributed by atoms with van der Waals surface area (Å²) in [6, 6.07) is 29.3. The Labute approximate surface area is 378 Å². The molecule has 0 atom stereocenters. The van der Waals surface area contributed by atoms with Gasteiger partial charge in [-0.2, -0.15) is 0 Å². The minimum atomic E-state index is -0.619. The van der Waals surface area contributed by atoms with Gasteiger partial charge in [0.25, 0.3) is 0 Å². The molecule has 0 unspecified atom stereocenters. The molecule has 3 aliphatic rings. The lowest BCUT2D eigenvalue weighted by molar-refractivity contribution is 0.00578. The third-order valence-electron chi connectivity index (χ3n) is 15.2. The van der Waals surface area contributed by atoms with Gasteiger partial charge in [0.05, 0.1) is 27.8 Å². The molecule has 0 aromatic heterocycles. The Bertz CT molecular complexity index is 2030. The van der Waals surface area contributed by atoms with Gasteiger partial charge in [-0.1, -0.05) is 157 Å². The van der Waals surface area contributed by atoms with Crippen LogP contribution in [0.1, 0.15) is 198 Å². The van der Waals surface area contributed by atoms with Crippen molar-refractivity contribution in [3.63, 3.8) is 0 Å². The van der Waals surface area contributed by atoms with Crippen LogP contribution in [-0.2, 0) is 43.3 Å². The Morgan fingerprint density at radius 3 is 1.13 bits per heavy atom. The largest absolute Gasteiger partial charge is 0.494 e. The van der Waals surface area contributed by atoms with Gasteiger partial charge in [0.2, 0.25) is 0 Å². The zero-order chi connectivity index (χ0) is 44.5. The fourth-order valence-electron chi connectivity index (χ4n) is 10.2. The molecule has 1 aliphatic carbocycles. The topological polar surface area (TPSA) is 36.9 Å². The summed E-state index contributed by atoms with van der Waals surface area (Å²) in [5, 5.41) is 0. The minimum absolute atomic E-state index is 0.448. The van der Waals surface area contributed by atoms with Crippen molar-refractivity contribution >= 4 is 25.2 Å². The first kappa shape index (κ1) is 46.8. The van der Waals surface area contributed by atoms with Crippen LogP contribution in [0.25, 0.3) is 11.1 Å². The van der Waals surface area contributed by atoms with E-state index in [1.807, 2.05) is 0 Å². The quantitative estimate of drug-likeness (QED) is 0.0613. The highest BCUT2D eigenvalue weighted by Gasteiger charge is 2.55. The third kappa shape index (κ3) is 9.20. The molecule has 0 spiro atoms. The van der Waals surface area contributed by atoms with Crippen molar-refractivity contribution < 1.29 is 18.6 Å². The van der Waals surface area contributed by atoms with Crippen LogP contribution in [0.4, 0.5) is 0 Å². The van der Waals surface area contributed by atoms with Crippen LogP contribution < -0.4 is 10.9 Å². The van der Waals surface area contributed by atoms with Gasteiger partial charge in [-0.15, -0.1) is 0 Å². The van der Waals surface area contributed by atoms with Crippen molar-refractivity contribution in [1.82, 2.24) is 0 Å². The Morgan fingerprint density at radius 1 is 0.403 bits per heavy atom. The molecule has 7 rings (SSSR count).